The lowest BCUT2D eigenvalue weighted by Gasteiger charge is -2.24. The molecule has 0 aliphatic carbocycles. The van der Waals surface area contributed by atoms with Gasteiger partial charge in [-0.15, -0.1) is 0 Å². The Morgan fingerprint density at radius 3 is 2.56 bits per heavy atom. The number of hydrogen-bond donors (Lipinski definition) is 3. The smallest absolute Gasteiger partial charge is 0.339 e. The summed E-state index contributed by atoms with van der Waals surface area (Å²) in [5.74, 6) is -3.12. The van der Waals surface area contributed by atoms with Crippen molar-refractivity contribution in [1.29, 1.82) is 0 Å². The molecule has 13 heteroatoms. The third-order valence-electron chi connectivity index (χ3n) is 7.07. The number of aromatic nitrogens is 2. The van der Waals surface area contributed by atoms with Crippen LogP contribution in [0.1, 0.15) is 31.4 Å². The van der Waals surface area contributed by atoms with Crippen LogP contribution in [-0.4, -0.2) is 71.0 Å². The van der Waals surface area contributed by atoms with Crippen molar-refractivity contribution >= 4 is 39.6 Å². The van der Waals surface area contributed by atoms with Gasteiger partial charge in [0.25, 0.3) is 5.92 Å². The van der Waals surface area contributed by atoms with Crippen molar-refractivity contribution in [2.75, 3.05) is 32.0 Å². The number of halogens is 2. The first kappa shape index (κ1) is 31.2. The SMILES string of the molecule is CCN(CCOP(=O)(O)O)CCC(F)(F)Cc1ccc(-c2cccc(S(=O)(=O)CC)c2)c2c1[nH]c1ncc(C)cc12. The third kappa shape index (κ3) is 7.57. The van der Waals surface area contributed by atoms with Gasteiger partial charge in [0.1, 0.15) is 5.65 Å². The minimum absolute atomic E-state index is 0.0153. The van der Waals surface area contributed by atoms with Crippen LogP contribution in [0, 0.1) is 6.92 Å². The molecule has 2 aromatic carbocycles. The standard InChI is InChI=1S/C28H34F2N3O6PS/c1-4-33(13-14-39-40(34,35)36)12-11-28(29,30)17-21-9-10-23(20-7-6-8-22(16-20)41(37,38)5-2)25-24-15-19(3)18-31-27(24)32-26(21)25/h6-10,15-16,18H,4-5,11-14,17H2,1-3H3,(H,31,32)(H2,34,35,36). The van der Waals surface area contributed by atoms with E-state index in [1.807, 2.05) is 13.0 Å². The highest BCUT2D eigenvalue weighted by Gasteiger charge is 2.31. The molecule has 0 bridgehead atoms. The number of nitrogens with one attached hydrogen (secondary N) is 1. The number of nitrogens with zero attached hydrogens (tertiary/aromatic N) is 2. The summed E-state index contributed by atoms with van der Waals surface area (Å²) in [7, 11) is -8.07. The first-order valence-electron chi connectivity index (χ1n) is 13.3. The van der Waals surface area contributed by atoms with Crippen molar-refractivity contribution in [3.63, 3.8) is 0 Å². The zero-order valence-electron chi connectivity index (χ0n) is 23.1. The van der Waals surface area contributed by atoms with Crippen molar-refractivity contribution < 1.29 is 36.1 Å². The normalized spacial score (nSPS) is 13.1. The predicted octanol–water partition coefficient (Wildman–Crippen LogP) is 5.48. The number of hydrogen-bond acceptors (Lipinski definition) is 6. The molecule has 0 spiro atoms. The van der Waals surface area contributed by atoms with Gasteiger partial charge in [0.15, 0.2) is 9.84 Å². The maximum absolute atomic E-state index is 15.3. The van der Waals surface area contributed by atoms with E-state index in [1.165, 1.54) is 0 Å². The highest BCUT2D eigenvalue weighted by Crippen LogP contribution is 2.39. The number of H-pyrrole nitrogens is 1. The highest BCUT2D eigenvalue weighted by atomic mass is 32.2. The lowest BCUT2D eigenvalue weighted by Crippen LogP contribution is -2.33. The summed E-state index contributed by atoms with van der Waals surface area (Å²) in [6, 6.07) is 12.0. The number of phosphoric acid groups is 1. The van der Waals surface area contributed by atoms with Crippen LogP contribution in [-0.2, 0) is 25.3 Å². The Balaban J connectivity index is 1.68. The molecule has 0 aliphatic rings. The van der Waals surface area contributed by atoms with E-state index in [0.717, 1.165) is 10.9 Å². The molecule has 0 amide bonds. The summed E-state index contributed by atoms with van der Waals surface area (Å²) in [5, 5.41) is 1.45. The number of alkyl halides is 2. The van der Waals surface area contributed by atoms with Crippen LogP contribution >= 0.6 is 7.82 Å². The van der Waals surface area contributed by atoms with Gasteiger partial charge in [-0.2, -0.15) is 0 Å². The predicted molar refractivity (Wildman–Crippen MR) is 155 cm³/mol. The summed E-state index contributed by atoms with van der Waals surface area (Å²) in [6.45, 7) is 5.52. The minimum Gasteiger partial charge on any atom is -0.339 e. The fraction of sp³-hybridized carbons (Fsp3) is 0.393. The van der Waals surface area contributed by atoms with E-state index in [4.69, 9.17) is 9.79 Å². The number of benzene rings is 2. The average molecular weight is 610 g/mol. The fourth-order valence-corrected chi connectivity index (χ4v) is 6.11. The van der Waals surface area contributed by atoms with Crippen LogP contribution in [0.4, 0.5) is 8.78 Å². The van der Waals surface area contributed by atoms with E-state index in [1.54, 1.807) is 61.3 Å². The number of sulfone groups is 1. The summed E-state index contributed by atoms with van der Waals surface area (Å²) >= 11 is 0. The van der Waals surface area contributed by atoms with Gasteiger partial charge in [0.2, 0.25) is 0 Å². The van der Waals surface area contributed by atoms with Gasteiger partial charge < -0.3 is 19.7 Å². The van der Waals surface area contributed by atoms with Gasteiger partial charge in [0, 0.05) is 42.9 Å². The molecule has 4 rings (SSSR count). The van der Waals surface area contributed by atoms with Gasteiger partial charge in [-0.05, 0) is 53.9 Å². The Bertz CT molecular complexity index is 1700. The number of aromatic amines is 1. The minimum atomic E-state index is -4.62. The molecule has 0 aliphatic heterocycles. The van der Waals surface area contributed by atoms with Crippen molar-refractivity contribution in [1.82, 2.24) is 14.9 Å². The molecule has 0 fully saturated rings. The summed E-state index contributed by atoms with van der Waals surface area (Å²) in [6.07, 6.45) is 0.681. The van der Waals surface area contributed by atoms with Gasteiger partial charge in [-0.1, -0.05) is 38.1 Å². The van der Waals surface area contributed by atoms with Crippen LogP contribution in [0.15, 0.2) is 53.6 Å². The van der Waals surface area contributed by atoms with Crippen LogP contribution in [0.25, 0.3) is 33.1 Å². The third-order valence-corrected chi connectivity index (χ3v) is 9.32. The Labute approximate surface area is 237 Å². The summed E-state index contributed by atoms with van der Waals surface area (Å²) < 4.78 is 71.1. The van der Waals surface area contributed by atoms with Crippen LogP contribution < -0.4 is 0 Å². The molecule has 9 nitrogen and oxygen atoms in total. The molecule has 0 saturated carbocycles. The van der Waals surface area contributed by atoms with Crippen LogP contribution in [0.3, 0.4) is 0 Å². The Kier molecular flexibility index (Phi) is 9.32. The maximum Gasteiger partial charge on any atom is 0.469 e. The van der Waals surface area contributed by atoms with E-state index >= 15 is 8.78 Å². The highest BCUT2D eigenvalue weighted by molar-refractivity contribution is 7.91. The van der Waals surface area contributed by atoms with Gasteiger partial charge in [-0.3, -0.25) is 4.52 Å². The fourth-order valence-electron chi connectivity index (χ4n) is 4.86. The zero-order valence-corrected chi connectivity index (χ0v) is 24.8. The Hall–Kier alpha value is -2.73. The molecule has 0 radical (unpaired) electrons. The van der Waals surface area contributed by atoms with Crippen molar-refractivity contribution in [3.8, 4) is 11.1 Å². The molecular formula is C28H34F2N3O6PS. The molecule has 2 aromatic heterocycles. The second-order valence-corrected chi connectivity index (χ2v) is 13.5. The van der Waals surface area contributed by atoms with Gasteiger partial charge in [-0.25, -0.2) is 26.7 Å². The Morgan fingerprint density at radius 1 is 1.12 bits per heavy atom. The van der Waals surface area contributed by atoms with Crippen molar-refractivity contribution in [3.05, 3.63) is 59.8 Å². The van der Waals surface area contributed by atoms with Crippen LogP contribution in [0.5, 0.6) is 0 Å². The van der Waals surface area contributed by atoms with Crippen LogP contribution in [0.2, 0.25) is 0 Å². The monoisotopic (exact) mass is 609 g/mol. The lowest BCUT2D eigenvalue weighted by molar-refractivity contribution is -0.0160. The number of fused-ring (bicyclic) bond motifs is 3. The molecular weight excluding hydrogens is 575 g/mol. The lowest BCUT2D eigenvalue weighted by atomic mass is 9.94. The van der Waals surface area contributed by atoms with Crippen molar-refractivity contribution in [2.24, 2.45) is 0 Å². The van der Waals surface area contributed by atoms with E-state index in [-0.39, 0.29) is 30.3 Å². The average Bonchev–Trinajstić information content (AvgIpc) is 3.29. The quantitative estimate of drug-likeness (QED) is 0.170. The zero-order chi connectivity index (χ0) is 30.0. The van der Waals surface area contributed by atoms with E-state index in [9.17, 15) is 13.0 Å². The number of phosphoric ester groups is 1. The molecule has 3 N–H and O–H groups in total. The summed E-state index contributed by atoms with van der Waals surface area (Å²) in [4.78, 5) is 27.2. The first-order valence-corrected chi connectivity index (χ1v) is 16.4. The molecule has 222 valence electrons. The van der Waals surface area contributed by atoms with E-state index in [2.05, 4.69) is 14.5 Å². The Morgan fingerprint density at radius 2 is 1.88 bits per heavy atom. The molecule has 2 heterocycles. The topological polar surface area (TPSA) is 133 Å². The van der Waals surface area contributed by atoms with E-state index in [0.29, 0.717) is 39.8 Å². The van der Waals surface area contributed by atoms with Crippen molar-refractivity contribution in [2.45, 2.75) is 44.4 Å². The number of likely N-dealkylation sites (N-methyl/N-ethyl adjacent to an activating group) is 1. The molecule has 0 atom stereocenters. The van der Waals surface area contributed by atoms with E-state index < -0.39 is 36.4 Å². The molecule has 0 unspecified atom stereocenters. The molecule has 4 aromatic rings. The van der Waals surface area contributed by atoms with Gasteiger partial charge in [0.05, 0.1) is 22.8 Å². The van der Waals surface area contributed by atoms with Gasteiger partial charge >= 0.3 is 7.82 Å². The molecule has 0 saturated heterocycles. The maximum atomic E-state index is 15.3. The first-order chi connectivity index (χ1) is 19.2. The largest absolute Gasteiger partial charge is 0.469 e. The second-order valence-electron chi connectivity index (χ2n) is 10.0. The molecule has 41 heavy (non-hydrogen) atoms. The number of aryl methyl sites for hydroxylation is 1. The second kappa shape index (κ2) is 12.2. The number of rotatable bonds is 13. The summed E-state index contributed by atoms with van der Waals surface area (Å²) in [5.41, 5.74) is 3.71. The number of pyridine rings is 1.